The van der Waals surface area contributed by atoms with Gasteiger partial charge in [0.1, 0.15) is 6.04 Å². The fourth-order valence-corrected chi connectivity index (χ4v) is 2.74. The zero-order valence-corrected chi connectivity index (χ0v) is 11.4. The van der Waals surface area contributed by atoms with E-state index < -0.39 is 0 Å². The first-order valence-electron chi connectivity index (χ1n) is 6.38. The van der Waals surface area contributed by atoms with Gasteiger partial charge in [0.15, 0.2) is 0 Å². The topological polar surface area (TPSA) is 54.1 Å². The summed E-state index contributed by atoms with van der Waals surface area (Å²) in [6.45, 7) is 2.87. The Balaban J connectivity index is 1.97. The van der Waals surface area contributed by atoms with Crippen molar-refractivity contribution < 1.29 is 9.53 Å². The number of carbonyl (C=O) groups is 1. The zero-order chi connectivity index (χ0) is 13.4. The van der Waals surface area contributed by atoms with Crippen molar-refractivity contribution in [1.82, 2.24) is 10.3 Å². The van der Waals surface area contributed by atoms with Crippen LogP contribution in [-0.2, 0) is 22.5 Å². The monoisotopic (exact) mass is 278 g/mol. The number of hydrogen-bond donors (Lipinski definition) is 2. The van der Waals surface area contributed by atoms with Gasteiger partial charge in [-0.05, 0) is 30.7 Å². The van der Waals surface area contributed by atoms with E-state index in [0.717, 1.165) is 22.2 Å². The lowest BCUT2D eigenvalue weighted by molar-refractivity contribution is -0.145. The molecule has 1 atom stereocenters. The van der Waals surface area contributed by atoms with E-state index in [9.17, 15) is 4.79 Å². The summed E-state index contributed by atoms with van der Waals surface area (Å²) in [5.41, 5.74) is 3.34. The van der Waals surface area contributed by atoms with Gasteiger partial charge in [-0.2, -0.15) is 0 Å². The van der Waals surface area contributed by atoms with E-state index in [0.29, 0.717) is 24.6 Å². The maximum absolute atomic E-state index is 11.8. The molecule has 0 spiro atoms. The van der Waals surface area contributed by atoms with Gasteiger partial charge < -0.3 is 9.72 Å². The SMILES string of the molecule is CCOC(=O)C1Cc2c([nH]c3ccc(Cl)cc23)CN1. The molecular weight excluding hydrogens is 264 g/mol. The lowest BCUT2D eigenvalue weighted by Crippen LogP contribution is -2.42. The molecule has 2 heterocycles. The average molecular weight is 279 g/mol. The van der Waals surface area contributed by atoms with Crippen LogP contribution in [0.1, 0.15) is 18.2 Å². The van der Waals surface area contributed by atoms with Crippen LogP contribution in [-0.4, -0.2) is 23.6 Å². The molecule has 0 fully saturated rings. The van der Waals surface area contributed by atoms with Crippen molar-refractivity contribution in [2.75, 3.05) is 6.61 Å². The summed E-state index contributed by atoms with van der Waals surface area (Å²) in [7, 11) is 0. The highest BCUT2D eigenvalue weighted by atomic mass is 35.5. The molecule has 1 aromatic heterocycles. The summed E-state index contributed by atoms with van der Waals surface area (Å²) >= 11 is 6.05. The second kappa shape index (κ2) is 4.87. The van der Waals surface area contributed by atoms with Crippen LogP contribution in [0.15, 0.2) is 18.2 Å². The predicted molar refractivity (Wildman–Crippen MR) is 74.3 cm³/mol. The smallest absolute Gasteiger partial charge is 0.323 e. The van der Waals surface area contributed by atoms with Crippen LogP contribution >= 0.6 is 11.6 Å². The molecule has 0 saturated heterocycles. The van der Waals surface area contributed by atoms with Crippen molar-refractivity contribution in [3.8, 4) is 0 Å². The Hall–Kier alpha value is -1.52. The maximum Gasteiger partial charge on any atom is 0.323 e. The number of halogens is 1. The molecule has 100 valence electrons. The number of esters is 1. The lowest BCUT2D eigenvalue weighted by atomic mass is 9.98. The minimum absolute atomic E-state index is 0.190. The average Bonchev–Trinajstić information content (AvgIpc) is 2.76. The molecule has 2 N–H and O–H groups in total. The third kappa shape index (κ3) is 2.22. The number of hydrogen-bond acceptors (Lipinski definition) is 3. The number of H-pyrrole nitrogens is 1. The molecule has 0 bridgehead atoms. The quantitative estimate of drug-likeness (QED) is 0.830. The number of aromatic amines is 1. The van der Waals surface area contributed by atoms with Gasteiger partial charge in [0.2, 0.25) is 0 Å². The number of rotatable bonds is 2. The molecule has 1 aliphatic rings. The lowest BCUT2D eigenvalue weighted by Gasteiger charge is -2.22. The van der Waals surface area contributed by atoms with E-state index >= 15 is 0 Å². The summed E-state index contributed by atoms with van der Waals surface area (Å²) < 4.78 is 5.07. The molecule has 1 aliphatic heterocycles. The number of nitrogens with one attached hydrogen (secondary N) is 2. The standard InChI is InChI=1S/C14H15ClN2O2/c1-2-19-14(18)12-6-10-9-5-8(15)3-4-11(9)17-13(10)7-16-12/h3-5,12,16-17H,2,6-7H2,1H3. The predicted octanol–water partition coefficient (Wildman–Crippen LogP) is 2.40. The third-order valence-electron chi connectivity index (χ3n) is 3.46. The zero-order valence-electron chi connectivity index (χ0n) is 10.6. The molecule has 0 saturated carbocycles. The number of ether oxygens (including phenoxy) is 1. The second-order valence-corrected chi connectivity index (χ2v) is 5.10. The Morgan fingerprint density at radius 1 is 1.53 bits per heavy atom. The molecular formula is C14H15ClN2O2. The molecule has 19 heavy (non-hydrogen) atoms. The summed E-state index contributed by atoms with van der Waals surface area (Å²) in [6.07, 6.45) is 0.633. The van der Waals surface area contributed by atoms with Crippen LogP contribution < -0.4 is 5.32 Å². The van der Waals surface area contributed by atoms with Crippen molar-refractivity contribution in [2.24, 2.45) is 0 Å². The van der Waals surface area contributed by atoms with Gasteiger partial charge in [-0.3, -0.25) is 10.1 Å². The molecule has 4 nitrogen and oxygen atoms in total. The number of fused-ring (bicyclic) bond motifs is 3. The Labute approximate surface area is 116 Å². The first kappa shape index (κ1) is 12.5. The molecule has 2 aromatic rings. The summed E-state index contributed by atoms with van der Waals surface area (Å²) in [6, 6.07) is 5.50. The maximum atomic E-state index is 11.8. The van der Waals surface area contributed by atoms with Crippen molar-refractivity contribution in [2.45, 2.75) is 25.9 Å². The minimum atomic E-state index is -0.273. The molecule has 1 aromatic carbocycles. The first-order valence-corrected chi connectivity index (χ1v) is 6.76. The molecule has 5 heteroatoms. The van der Waals surface area contributed by atoms with Crippen LogP contribution in [0.5, 0.6) is 0 Å². The van der Waals surface area contributed by atoms with Crippen molar-refractivity contribution in [3.63, 3.8) is 0 Å². The van der Waals surface area contributed by atoms with E-state index in [1.807, 2.05) is 25.1 Å². The van der Waals surface area contributed by atoms with Gasteiger partial charge in [-0.1, -0.05) is 11.6 Å². The number of aromatic nitrogens is 1. The van der Waals surface area contributed by atoms with Crippen molar-refractivity contribution in [1.29, 1.82) is 0 Å². The van der Waals surface area contributed by atoms with E-state index in [-0.39, 0.29) is 12.0 Å². The fraction of sp³-hybridized carbons (Fsp3) is 0.357. The molecule has 3 rings (SSSR count). The van der Waals surface area contributed by atoms with Crippen LogP contribution in [0, 0.1) is 0 Å². The highest BCUT2D eigenvalue weighted by Gasteiger charge is 2.27. The van der Waals surface area contributed by atoms with E-state index in [1.54, 1.807) is 0 Å². The van der Waals surface area contributed by atoms with Crippen LogP contribution in [0.25, 0.3) is 10.9 Å². The molecule has 0 aliphatic carbocycles. The van der Waals surface area contributed by atoms with E-state index in [2.05, 4.69) is 10.3 Å². The van der Waals surface area contributed by atoms with Gasteiger partial charge in [-0.15, -0.1) is 0 Å². The number of carbonyl (C=O) groups excluding carboxylic acids is 1. The Bertz CT molecular complexity index is 636. The van der Waals surface area contributed by atoms with Gasteiger partial charge >= 0.3 is 5.97 Å². The molecule has 1 unspecified atom stereocenters. The molecule has 0 radical (unpaired) electrons. The molecule has 0 amide bonds. The summed E-state index contributed by atoms with van der Waals surface area (Å²) in [5.74, 6) is -0.190. The Kier molecular flexibility index (Phi) is 3.21. The first-order chi connectivity index (χ1) is 9.19. The van der Waals surface area contributed by atoms with Gasteiger partial charge in [-0.25, -0.2) is 0 Å². The second-order valence-electron chi connectivity index (χ2n) is 4.66. The largest absolute Gasteiger partial charge is 0.465 e. The fourth-order valence-electron chi connectivity index (χ4n) is 2.57. The van der Waals surface area contributed by atoms with Gasteiger partial charge in [0, 0.05) is 34.6 Å². The summed E-state index contributed by atoms with van der Waals surface area (Å²) in [4.78, 5) is 15.2. The van der Waals surface area contributed by atoms with Crippen LogP contribution in [0.4, 0.5) is 0 Å². The van der Waals surface area contributed by atoms with Crippen molar-refractivity contribution >= 4 is 28.5 Å². The van der Waals surface area contributed by atoms with Crippen molar-refractivity contribution in [3.05, 3.63) is 34.5 Å². The van der Waals surface area contributed by atoms with Crippen LogP contribution in [0.2, 0.25) is 5.02 Å². The van der Waals surface area contributed by atoms with Gasteiger partial charge in [0.25, 0.3) is 0 Å². The normalized spacial score (nSPS) is 18.3. The van der Waals surface area contributed by atoms with Crippen LogP contribution in [0.3, 0.4) is 0 Å². The minimum Gasteiger partial charge on any atom is -0.465 e. The highest BCUT2D eigenvalue weighted by molar-refractivity contribution is 6.31. The van der Waals surface area contributed by atoms with E-state index in [1.165, 1.54) is 0 Å². The Morgan fingerprint density at radius 2 is 2.37 bits per heavy atom. The number of benzene rings is 1. The Morgan fingerprint density at radius 3 is 3.16 bits per heavy atom. The van der Waals surface area contributed by atoms with Gasteiger partial charge in [0.05, 0.1) is 6.61 Å². The van der Waals surface area contributed by atoms with E-state index in [4.69, 9.17) is 16.3 Å². The highest BCUT2D eigenvalue weighted by Crippen LogP contribution is 2.29. The third-order valence-corrected chi connectivity index (χ3v) is 3.70. The summed E-state index contributed by atoms with van der Waals surface area (Å²) in [5, 5.41) is 5.00.